The molecule has 2 aliphatic rings. The summed E-state index contributed by atoms with van der Waals surface area (Å²) in [6.07, 6.45) is 7.34. The zero-order chi connectivity index (χ0) is 44.6. The van der Waals surface area contributed by atoms with Crippen LogP contribution in [0.4, 0.5) is 0 Å². The van der Waals surface area contributed by atoms with Crippen molar-refractivity contribution in [2.75, 3.05) is 0 Å². The van der Waals surface area contributed by atoms with Gasteiger partial charge < -0.3 is 9.97 Å². The van der Waals surface area contributed by atoms with E-state index in [2.05, 4.69) is 23.7 Å². The predicted molar refractivity (Wildman–Crippen MR) is 241 cm³/mol. The molecule has 0 amide bonds. The van der Waals surface area contributed by atoms with E-state index in [9.17, 15) is 25.9 Å². The Kier molecular flexibility index (Phi) is 13.4. The van der Waals surface area contributed by atoms with Crippen LogP contribution >= 0.6 is 24.1 Å². The second kappa shape index (κ2) is 19.0. The Morgan fingerprint density at radius 3 is 1.12 bits per heavy atom. The average molecular weight is 998 g/mol. The molecule has 0 atom stereocenters. The molecule has 0 spiro atoms. The number of rotatable bonds is 12. The molecule has 0 saturated heterocycles. The van der Waals surface area contributed by atoms with Crippen molar-refractivity contribution >= 4 is 90.7 Å². The molecule has 0 unspecified atom stereocenters. The maximum Gasteiger partial charge on any atom is 1.00 e. The van der Waals surface area contributed by atoms with Crippen LogP contribution in [-0.2, 0) is 56.0 Å². The topological polar surface area (TPSA) is 242 Å². The van der Waals surface area contributed by atoms with Crippen LogP contribution < -0.4 is 4.98 Å². The molecule has 0 saturated carbocycles. The molecule has 5 N–H and O–H groups in total. The summed E-state index contributed by atoms with van der Waals surface area (Å²) < 4.78 is 77.0. The second-order valence-electron chi connectivity index (χ2n) is 13.9. The van der Waals surface area contributed by atoms with Crippen LogP contribution in [0.25, 0.3) is 90.9 Å². The fourth-order valence-electron chi connectivity index (χ4n) is 7.40. The third kappa shape index (κ3) is 9.65. The molecule has 332 valence electrons. The molecule has 8 bridgehead atoms. The van der Waals surface area contributed by atoms with E-state index in [1.165, 1.54) is 24.3 Å². The number of aromatic amines is 1. The number of H-pyrrole nitrogens is 1. The average Bonchev–Trinajstić information content (AvgIpc) is 4.14. The van der Waals surface area contributed by atoms with Crippen molar-refractivity contribution in [2.24, 2.45) is 0 Å². The molecule has 9 rings (SSSR count). The Balaban J connectivity index is 0.00000576. The van der Waals surface area contributed by atoms with Crippen molar-refractivity contribution < 1.29 is 72.3 Å². The summed E-state index contributed by atoms with van der Waals surface area (Å²) in [5.41, 5.74) is 9.32. The van der Waals surface area contributed by atoms with Gasteiger partial charge in [0.2, 0.25) is 0 Å². The van der Waals surface area contributed by atoms with E-state index >= 15 is 0 Å². The van der Waals surface area contributed by atoms with E-state index in [0.717, 1.165) is 35.2 Å². The first-order valence-corrected chi connectivity index (χ1v) is 23.0. The Hall–Kier alpha value is -5.72. The summed E-state index contributed by atoms with van der Waals surface area (Å²) in [4.78, 5) is 19.7. The number of nitrogens with one attached hydrogen (secondary N) is 1. The summed E-state index contributed by atoms with van der Waals surface area (Å²) >= 11 is 1.61. The Morgan fingerprint density at radius 2 is 0.785 bits per heavy atom. The molecule has 7 aromatic rings. The first-order valence-electron chi connectivity index (χ1n) is 18.6. The van der Waals surface area contributed by atoms with Gasteiger partial charge in [-0.15, -0.1) is 19.7 Å². The van der Waals surface area contributed by atoms with E-state index in [-0.39, 0.29) is 26.9 Å². The quantitative estimate of drug-likeness (QED) is 0.0251. The third-order valence-electron chi connectivity index (χ3n) is 10.2. The normalized spacial score (nSPS) is 12.4. The number of fused-ring (bicyclic) bond motifs is 8. The van der Waals surface area contributed by atoms with Gasteiger partial charge in [0.05, 0.1) is 56.7 Å². The fourth-order valence-corrected chi connectivity index (χ4v) is 9.07. The second-order valence-corrected chi connectivity index (χ2v) is 18.3. The SMILES string of the molecule is O=S(=O)(O)c1ccc(-c2c3nc(c(-c4ccc(SOOO)cc4)c4ccc([n-]4)c(-c4ccc(SOOO)cc4)c4nc(c(-c5ccc(S(=O)(=O)O)cc5)c5ccc2[nH]5)C=C4)C=C3)cc1.[Cu+]. The van der Waals surface area contributed by atoms with Gasteiger partial charge in [-0.1, -0.05) is 70.7 Å². The van der Waals surface area contributed by atoms with Crippen LogP contribution in [0.2, 0.25) is 0 Å². The van der Waals surface area contributed by atoms with Crippen molar-refractivity contribution in [1.29, 1.82) is 0 Å². The van der Waals surface area contributed by atoms with E-state index in [1.807, 2.05) is 72.8 Å². The first-order chi connectivity index (χ1) is 30.9. The van der Waals surface area contributed by atoms with Crippen LogP contribution in [-0.4, -0.2) is 51.4 Å². The number of aromatic nitrogens is 4. The monoisotopic (exact) mass is 996 g/mol. The summed E-state index contributed by atoms with van der Waals surface area (Å²) in [5, 5.41) is 25.0. The van der Waals surface area contributed by atoms with Gasteiger partial charge in [-0.3, -0.25) is 9.11 Å². The van der Waals surface area contributed by atoms with Crippen LogP contribution in [0, 0.1) is 0 Å². The number of hydrogen-bond acceptors (Lipinski definition) is 14. The number of benzene rings is 4. The van der Waals surface area contributed by atoms with Crippen molar-refractivity contribution in [3.05, 3.63) is 144 Å². The van der Waals surface area contributed by atoms with Gasteiger partial charge in [0, 0.05) is 32.0 Å². The van der Waals surface area contributed by atoms with E-state index in [4.69, 9.17) is 25.5 Å². The van der Waals surface area contributed by atoms with E-state index < -0.39 is 20.2 Å². The van der Waals surface area contributed by atoms with Crippen molar-refractivity contribution in [3.8, 4) is 44.5 Å². The Bertz CT molecular complexity index is 3180. The van der Waals surface area contributed by atoms with E-state index in [0.29, 0.717) is 88.0 Å². The molecule has 16 nitrogen and oxygen atoms in total. The summed E-state index contributed by atoms with van der Waals surface area (Å²) in [6.45, 7) is 0. The van der Waals surface area contributed by atoms with Gasteiger partial charge in [-0.25, -0.2) is 20.5 Å². The summed E-state index contributed by atoms with van der Waals surface area (Å²) in [5.74, 6) is 0. The van der Waals surface area contributed by atoms with Crippen LogP contribution in [0.15, 0.2) is 141 Å². The molecule has 0 radical (unpaired) electrons. The van der Waals surface area contributed by atoms with E-state index in [1.54, 1.807) is 48.5 Å². The molecular weight excluding hydrogens is 968 g/mol. The Labute approximate surface area is 388 Å². The van der Waals surface area contributed by atoms with Gasteiger partial charge in [-0.2, -0.15) is 16.8 Å². The zero-order valence-electron chi connectivity index (χ0n) is 32.7. The van der Waals surface area contributed by atoms with Crippen LogP contribution in [0.5, 0.6) is 0 Å². The molecule has 3 aromatic heterocycles. The maximum atomic E-state index is 12.1. The molecule has 2 aliphatic heterocycles. The van der Waals surface area contributed by atoms with Crippen molar-refractivity contribution in [2.45, 2.75) is 19.6 Å². The van der Waals surface area contributed by atoms with Gasteiger partial charge >= 0.3 is 17.1 Å². The fraction of sp³-hybridized carbons (Fsp3) is 0. The molecule has 0 aliphatic carbocycles. The van der Waals surface area contributed by atoms with Crippen molar-refractivity contribution in [3.63, 3.8) is 0 Å². The minimum absolute atomic E-state index is 0. The molecule has 0 fully saturated rings. The minimum atomic E-state index is -4.50. The van der Waals surface area contributed by atoms with Crippen LogP contribution in [0.3, 0.4) is 0 Å². The summed E-state index contributed by atoms with van der Waals surface area (Å²) in [7, 11) is -9.01. The number of hydrogen-bond donors (Lipinski definition) is 5. The van der Waals surface area contributed by atoms with Gasteiger partial charge in [0.25, 0.3) is 20.2 Å². The smallest absolute Gasteiger partial charge is 0.657 e. The first kappa shape index (κ1) is 45.8. The van der Waals surface area contributed by atoms with Crippen molar-refractivity contribution in [1.82, 2.24) is 19.9 Å². The standard InChI is InChI=1S/C44H29N4O12S4.Cu/c49-57-59-61-29-9-1-25(2-10-29)41-33-17-18-34(45-33)42(26-3-11-30(12-4-26)62-60-58-50)36-20-22-38(47-36)44(28-7-15-32(16-8-28)64(54,55)56)40-24-23-39(48-40)43(37-21-19-35(41)46-37)27-5-13-31(14-6-27)63(51,52)53;/h1-24,48-50H,(H,51,52,53)(H,54,55,56);/q-1;+1. The minimum Gasteiger partial charge on any atom is -0.657 e. The molecular formula is C44H29CuN4O12S4. The number of nitrogens with zero attached hydrogens (tertiary/aromatic N) is 3. The van der Waals surface area contributed by atoms with Gasteiger partial charge in [-0.05, 0) is 118 Å². The third-order valence-corrected chi connectivity index (χ3v) is 13.1. The molecule has 21 heteroatoms. The maximum absolute atomic E-state index is 12.1. The molecule has 65 heavy (non-hydrogen) atoms. The zero-order valence-corrected chi connectivity index (χ0v) is 36.9. The largest absolute Gasteiger partial charge is 1.00 e. The summed E-state index contributed by atoms with van der Waals surface area (Å²) in [6, 6.07) is 33.3. The van der Waals surface area contributed by atoms with Gasteiger partial charge in [0.15, 0.2) is 0 Å². The predicted octanol–water partition coefficient (Wildman–Crippen LogP) is 10.3. The van der Waals surface area contributed by atoms with Crippen LogP contribution in [0.1, 0.15) is 22.8 Å². The molecule has 4 aromatic carbocycles. The molecule has 5 heterocycles. The Morgan fingerprint density at radius 1 is 0.462 bits per heavy atom. The van der Waals surface area contributed by atoms with Gasteiger partial charge in [0.1, 0.15) is 0 Å².